The summed E-state index contributed by atoms with van der Waals surface area (Å²) < 4.78 is 13.2. The van der Waals surface area contributed by atoms with Crippen LogP contribution in [0.2, 0.25) is 0 Å². The molecule has 0 bridgehead atoms. The Morgan fingerprint density at radius 1 is 0.955 bits per heavy atom. The van der Waals surface area contributed by atoms with Crippen LogP contribution >= 0.6 is 0 Å². The van der Waals surface area contributed by atoms with Gasteiger partial charge in [0.15, 0.2) is 0 Å². The average molecular weight is 303 g/mol. The number of carbonyl (C=O) groups is 2. The molecule has 0 saturated carbocycles. The van der Waals surface area contributed by atoms with Crippen molar-refractivity contribution in [3.63, 3.8) is 0 Å². The number of hydrogen-bond acceptors (Lipinski definition) is 4. The molecule has 8 heteroatoms. The minimum absolute atomic E-state index is 0.151. The molecule has 0 aliphatic rings. The molecule has 0 saturated heterocycles. The van der Waals surface area contributed by atoms with E-state index in [1.807, 2.05) is 0 Å². The smallest absolute Gasteiger partial charge is 0.267 e. The summed E-state index contributed by atoms with van der Waals surface area (Å²) in [5, 5.41) is 10.6. The van der Waals surface area contributed by atoms with E-state index in [-0.39, 0.29) is 5.56 Å². The molecule has 2 rings (SSSR count). The highest BCUT2D eigenvalue weighted by molar-refractivity contribution is 5.99. The van der Waals surface area contributed by atoms with E-state index in [1.54, 1.807) is 30.3 Å². The summed E-state index contributed by atoms with van der Waals surface area (Å²) in [4.78, 5) is 33.2. The molecule has 0 heterocycles. The van der Waals surface area contributed by atoms with Crippen LogP contribution in [0.5, 0.6) is 0 Å². The fraction of sp³-hybridized carbons (Fsp3) is 0. The second-order valence-electron chi connectivity index (χ2n) is 4.20. The van der Waals surface area contributed by atoms with Crippen molar-refractivity contribution < 1.29 is 18.9 Å². The van der Waals surface area contributed by atoms with Gasteiger partial charge in [-0.2, -0.15) is 4.39 Å². The number of nitrogens with one attached hydrogen (secondary N) is 2. The zero-order valence-electron chi connectivity index (χ0n) is 11.1. The molecule has 2 amide bonds. The first kappa shape index (κ1) is 15.1. The lowest BCUT2D eigenvalue weighted by Gasteiger charge is -2.07. The number of amides is 2. The normalized spacial score (nSPS) is 9.86. The first-order valence-electron chi connectivity index (χ1n) is 6.08. The van der Waals surface area contributed by atoms with Gasteiger partial charge in [-0.3, -0.25) is 30.6 Å². The lowest BCUT2D eigenvalue weighted by Crippen LogP contribution is -2.41. The topological polar surface area (TPSA) is 101 Å². The van der Waals surface area contributed by atoms with E-state index in [2.05, 4.69) is 10.9 Å². The number of halogens is 1. The first-order chi connectivity index (χ1) is 10.5. The fourth-order valence-electron chi connectivity index (χ4n) is 1.64. The Morgan fingerprint density at radius 2 is 1.55 bits per heavy atom. The minimum Gasteiger partial charge on any atom is -0.267 e. The van der Waals surface area contributed by atoms with Crippen molar-refractivity contribution in [2.75, 3.05) is 0 Å². The van der Waals surface area contributed by atoms with Gasteiger partial charge in [-0.25, -0.2) is 0 Å². The average Bonchev–Trinajstić information content (AvgIpc) is 2.53. The van der Waals surface area contributed by atoms with Crippen LogP contribution in [0.4, 0.5) is 10.1 Å². The van der Waals surface area contributed by atoms with E-state index >= 15 is 0 Å². The molecular weight excluding hydrogens is 293 g/mol. The fourth-order valence-corrected chi connectivity index (χ4v) is 1.64. The minimum atomic E-state index is -1.05. The van der Waals surface area contributed by atoms with Crippen molar-refractivity contribution in [1.82, 2.24) is 10.9 Å². The van der Waals surface area contributed by atoms with Gasteiger partial charge >= 0.3 is 5.69 Å². The molecule has 2 aromatic carbocycles. The predicted octanol–water partition coefficient (Wildman–Crippen LogP) is 1.81. The van der Waals surface area contributed by atoms with Crippen molar-refractivity contribution in [1.29, 1.82) is 0 Å². The van der Waals surface area contributed by atoms with Crippen LogP contribution in [-0.2, 0) is 0 Å². The summed E-state index contributed by atoms with van der Waals surface area (Å²) in [5.41, 5.74) is 3.62. The van der Waals surface area contributed by atoms with Gasteiger partial charge in [-0.1, -0.05) is 18.2 Å². The summed E-state index contributed by atoms with van der Waals surface area (Å²) in [6, 6.07) is 10.8. The molecule has 112 valence electrons. The van der Waals surface area contributed by atoms with Gasteiger partial charge in [0.1, 0.15) is 0 Å². The molecule has 0 aliphatic heterocycles. The van der Waals surface area contributed by atoms with E-state index in [9.17, 15) is 24.1 Å². The second kappa shape index (κ2) is 6.44. The number of rotatable bonds is 3. The largest absolute Gasteiger partial charge is 0.305 e. The zero-order valence-corrected chi connectivity index (χ0v) is 11.1. The van der Waals surface area contributed by atoms with E-state index in [0.29, 0.717) is 5.56 Å². The van der Waals surface area contributed by atoms with Gasteiger partial charge in [0.05, 0.1) is 4.92 Å². The number of hydrazine groups is 1. The monoisotopic (exact) mass is 303 g/mol. The SMILES string of the molecule is O=C(NNC(=O)c1ccc(F)c([N+](=O)[O-])c1)c1ccccc1. The Balaban J connectivity index is 2.05. The highest BCUT2D eigenvalue weighted by atomic mass is 19.1. The van der Waals surface area contributed by atoms with Crippen LogP contribution in [0, 0.1) is 15.9 Å². The van der Waals surface area contributed by atoms with Crippen molar-refractivity contribution >= 4 is 17.5 Å². The second-order valence-corrected chi connectivity index (χ2v) is 4.20. The summed E-state index contributed by atoms with van der Waals surface area (Å²) in [6.07, 6.45) is 0. The highest BCUT2D eigenvalue weighted by Crippen LogP contribution is 2.18. The summed E-state index contributed by atoms with van der Waals surface area (Å²) in [5.74, 6) is -2.40. The summed E-state index contributed by atoms with van der Waals surface area (Å²) in [6.45, 7) is 0. The third-order valence-corrected chi connectivity index (χ3v) is 2.73. The van der Waals surface area contributed by atoms with Gasteiger partial charge in [0.2, 0.25) is 5.82 Å². The Morgan fingerprint density at radius 3 is 2.14 bits per heavy atom. The maximum Gasteiger partial charge on any atom is 0.305 e. The molecule has 0 fully saturated rings. The summed E-state index contributed by atoms with van der Waals surface area (Å²) >= 11 is 0. The Kier molecular flexibility index (Phi) is 4.42. The molecule has 0 radical (unpaired) electrons. The third kappa shape index (κ3) is 3.42. The number of hydrogen-bond donors (Lipinski definition) is 2. The van der Waals surface area contributed by atoms with E-state index in [0.717, 1.165) is 18.2 Å². The molecule has 0 spiro atoms. The van der Waals surface area contributed by atoms with Gasteiger partial charge in [-0.05, 0) is 24.3 Å². The maximum atomic E-state index is 13.2. The van der Waals surface area contributed by atoms with Crippen molar-refractivity contribution in [2.24, 2.45) is 0 Å². The van der Waals surface area contributed by atoms with Crippen molar-refractivity contribution in [3.8, 4) is 0 Å². The van der Waals surface area contributed by atoms with Gasteiger partial charge in [0.25, 0.3) is 11.8 Å². The number of carbonyl (C=O) groups excluding carboxylic acids is 2. The molecule has 0 aromatic heterocycles. The molecule has 2 aromatic rings. The molecule has 2 N–H and O–H groups in total. The van der Waals surface area contributed by atoms with E-state index in [1.165, 1.54) is 0 Å². The van der Waals surface area contributed by atoms with Crippen LogP contribution in [0.1, 0.15) is 20.7 Å². The number of nitro benzene ring substituents is 1. The zero-order chi connectivity index (χ0) is 16.1. The number of benzene rings is 2. The van der Waals surface area contributed by atoms with Gasteiger partial charge in [-0.15, -0.1) is 0 Å². The van der Waals surface area contributed by atoms with Crippen LogP contribution < -0.4 is 10.9 Å². The molecule has 0 aliphatic carbocycles. The number of nitro groups is 1. The van der Waals surface area contributed by atoms with Crippen LogP contribution in [0.3, 0.4) is 0 Å². The lowest BCUT2D eigenvalue weighted by atomic mass is 10.2. The third-order valence-electron chi connectivity index (χ3n) is 2.73. The van der Waals surface area contributed by atoms with Crippen LogP contribution in [-0.4, -0.2) is 16.7 Å². The van der Waals surface area contributed by atoms with Gasteiger partial charge < -0.3 is 0 Å². The molecule has 0 atom stereocenters. The number of nitrogens with zero attached hydrogens (tertiary/aromatic N) is 1. The quantitative estimate of drug-likeness (QED) is 0.667. The molecule has 22 heavy (non-hydrogen) atoms. The maximum absolute atomic E-state index is 13.2. The molecule has 7 nitrogen and oxygen atoms in total. The van der Waals surface area contributed by atoms with E-state index < -0.39 is 28.2 Å². The lowest BCUT2D eigenvalue weighted by molar-refractivity contribution is -0.387. The van der Waals surface area contributed by atoms with Gasteiger partial charge in [0, 0.05) is 17.2 Å². The standard InChI is InChI=1S/C14H10FN3O4/c15-11-7-6-10(8-12(11)18(21)22)14(20)17-16-13(19)9-4-2-1-3-5-9/h1-8H,(H,16,19)(H,17,20). The highest BCUT2D eigenvalue weighted by Gasteiger charge is 2.17. The van der Waals surface area contributed by atoms with Crippen LogP contribution in [0.15, 0.2) is 48.5 Å². The van der Waals surface area contributed by atoms with Crippen LogP contribution in [0.25, 0.3) is 0 Å². The first-order valence-corrected chi connectivity index (χ1v) is 6.08. The van der Waals surface area contributed by atoms with E-state index in [4.69, 9.17) is 0 Å². The molecular formula is C14H10FN3O4. The Bertz CT molecular complexity index is 734. The Labute approximate surface area is 123 Å². The van der Waals surface area contributed by atoms with Crippen molar-refractivity contribution in [2.45, 2.75) is 0 Å². The summed E-state index contributed by atoms with van der Waals surface area (Å²) in [7, 11) is 0. The Hall–Kier alpha value is -3.29. The molecule has 0 unspecified atom stereocenters. The predicted molar refractivity (Wildman–Crippen MR) is 74.4 cm³/mol. The van der Waals surface area contributed by atoms with Crippen molar-refractivity contribution in [3.05, 3.63) is 75.6 Å².